The van der Waals surface area contributed by atoms with Gasteiger partial charge in [0, 0.05) is 4.90 Å². The number of ether oxygens (including phenoxy) is 1. The maximum atomic E-state index is 12.5. The lowest BCUT2D eigenvalue weighted by molar-refractivity contribution is -0.139. The molecular weight excluding hydrogens is 255 g/mol. The van der Waals surface area contributed by atoms with Crippen molar-refractivity contribution in [3.63, 3.8) is 0 Å². The number of alkyl halides is 3. The average molecular weight is 261 g/mol. The van der Waals surface area contributed by atoms with Gasteiger partial charge in [0.1, 0.15) is 6.07 Å². The van der Waals surface area contributed by atoms with Gasteiger partial charge in [-0.05, 0) is 12.1 Å². The second-order valence-electron chi connectivity index (χ2n) is 2.99. The summed E-state index contributed by atoms with van der Waals surface area (Å²) in [5, 5.41) is 8.76. The van der Waals surface area contributed by atoms with Gasteiger partial charge < -0.3 is 4.74 Å². The van der Waals surface area contributed by atoms with Crippen molar-refractivity contribution in [2.24, 2.45) is 0 Å². The normalized spacial score (nSPS) is 10.8. The van der Waals surface area contributed by atoms with Gasteiger partial charge in [-0.2, -0.15) is 18.4 Å². The third-order valence-corrected chi connectivity index (χ3v) is 2.46. The number of nitriles is 1. The first-order valence-corrected chi connectivity index (χ1v) is 4.69. The molecule has 0 N–H and O–H groups in total. The summed E-state index contributed by atoms with van der Waals surface area (Å²) in [5.74, 6) is -0.884. The summed E-state index contributed by atoms with van der Waals surface area (Å²) in [6, 6.07) is 3.10. The topological polar surface area (TPSA) is 50.1 Å². The smallest absolute Gasteiger partial charge is 0.417 e. The fourth-order valence-electron chi connectivity index (χ4n) is 1.21. The van der Waals surface area contributed by atoms with Crippen molar-refractivity contribution in [1.82, 2.24) is 0 Å². The van der Waals surface area contributed by atoms with Crippen LogP contribution in [0.15, 0.2) is 17.0 Å². The minimum absolute atomic E-state index is 0.243. The molecule has 0 atom stereocenters. The summed E-state index contributed by atoms with van der Waals surface area (Å²) >= 11 is 3.64. The van der Waals surface area contributed by atoms with E-state index in [4.69, 9.17) is 5.26 Å². The van der Waals surface area contributed by atoms with E-state index in [-0.39, 0.29) is 5.56 Å². The first-order valence-electron chi connectivity index (χ1n) is 4.24. The van der Waals surface area contributed by atoms with Crippen molar-refractivity contribution in [3.8, 4) is 6.07 Å². The molecule has 1 aromatic carbocycles. The van der Waals surface area contributed by atoms with E-state index in [2.05, 4.69) is 17.4 Å². The fraction of sp³-hybridized carbons (Fsp3) is 0.200. The van der Waals surface area contributed by atoms with Gasteiger partial charge in [-0.25, -0.2) is 4.79 Å². The van der Waals surface area contributed by atoms with Gasteiger partial charge in [-0.15, -0.1) is 12.6 Å². The minimum Gasteiger partial charge on any atom is -0.465 e. The van der Waals surface area contributed by atoms with Crippen LogP contribution in [0.25, 0.3) is 0 Å². The molecule has 90 valence electrons. The Hall–Kier alpha value is -1.68. The van der Waals surface area contributed by atoms with Crippen LogP contribution in [0.4, 0.5) is 13.2 Å². The molecule has 0 aliphatic rings. The number of nitrogens with zero attached hydrogens (tertiary/aromatic N) is 1. The summed E-state index contributed by atoms with van der Waals surface area (Å²) in [6.07, 6.45) is -4.63. The molecular formula is C10H6F3NO2S. The van der Waals surface area contributed by atoms with Crippen molar-refractivity contribution in [2.75, 3.05) is 7.11 Å². The second-order valence-corrected chi connectivity index (χ2v) is 3.43. The Morgan fingerprint density at radius 3 is 2.47 bits per heavy atom. The number of esters is 1. The third-order valence-electron chi connectivity index (χ3n) is 2.00. The first-order chi connectivity index (χ1) is 7.82. The Kier molecular flexibility index (Phi) is 3.68. The Labute approximate surface area is 100 Å². The number of benzene rings is 1. The van der Waals surface area contributed by atoms with E-state index in [9.17, 15) is 18.0 Å². The molecule has 0 radical (unpaired) electrons. The number of carbonyl (C=O) groups excluding carboxylic acids is 1. The molecule has 0 aliphatic carbocycles. The average Bonchev–Trinajstić information content (AvgIpc) is 2.25. The number of carbonyl (C=O) groups is 1. The van der Waals surface area contributed by atoms with Crippen molar-refractivity contribution in [2.45, 2.75) is 11.1 Å². The van der Waals surface area contributed by atoms with Gasteiger partial charge in [0.25, 0.3) is 0 Å². The van der Waals surface area contributed by atoms with Crippen LogP contribution in [0, 0.1) is 11.3 Å². The standard InChI is InChI=1S/C10H6F3NO2S/c1-16-9(15)5-2-3-7(10(11,12)13)8(17)6(5)4-14/h2-3,17H,1H3. The van der Waals surface area contributed by atoms with Crippen molar-refractivity contribution in [1.29, 1.82) is 5.26 Å². The van der Waals surface area contributed by atoms with E-state index < -0.39 is 28.2 Å². The van der Waals surface area contributed by atoms with Crippen LogP contribution in [0.3, 0.4) is 0 Å². The molecule has 0 unspecified atom stereocenters. The number of halogens is 3. The quantitative estimate of drug-likeness (QED) is 0.624. The molecule has 0 spiro atoms. The zero-order valence-corrected chi connectivity index (χ0v) is 9.39. The second kappa shape index (κ2) is 4.67. The SMILES string of the molecule is COC(=O)c1ccc(C(F)(F)F)c(S)c1C#N. The Morgan fingerprint density at radius 1 is 1.47 bits per heavy atom. The monoisotopic (exact) mass is 261 g/mol. The van der Waals surface area contributed by atoms with Crippen LogP contribution in [0.5, 0.6) is 0 Å². The van der Waals surface area contributed by atoms with Gasteiger partial charge in [0.05, 0.1) is 23.8 Å². The highest BCUT2D eigenvalue weighted by atomic mass is 32.1. The molecule has 0 heterocycles. The lowest BCUT2D eigenvalue weighted by Gasteiger charge is -2.12. The highest BCUT2D eigenvalue weighted by Crippen LogP contribution is 2.36. The summed E-state index contributed by atoms with van der Waals surface area (Å²) in [4.78, 5) is 10.6. The summed E-state index contributed by atoms with van der Waals surface area (Å²) in [7, 11) is 1.07. The van der Waals surface area contributed by atoms with Crippen LogP contribution < -0.4 is 0 Å². The van der Waals surface area contributed by atoms with Gasteiger partial charge in [0.15, 0.2) is 0 Å². The zero-order chi connectivity index (χ0) is 13.2. The molecule has 1 rings (SSSR count). The van der Waals surface area contributed by atoms with Crippen LogP contribution in [-0.2, 0) is 10.9 Å². The van der Waals surface area contributed by atoms with Crippen molar-refractivity contribution < 1.29 is 22.7 Å². The molecule has 0 amide bonds. The Bertz CT molecular complexity index is 505. The zero-order valence-electron chi connectivity index (χ0n) is 8.50. The molecule has 0 fully saturated rings. The van der Waals surface area contributed by atoms with E-state index in [1.807, 2.05) is 0 Å². The number of hydrogen-bond acceptors (Lipinski definition) is 4. The van der Waals surface area contributed by atoms with Crippen LogP contribution in [0.1, 0.15) is 21.5 Å². The van der Waals surface area contributed by atoms with Gasteiger partial charge in [-0.1, -0.05) is 0 Å². The molecule has 0 saturated heterocycles. The Morgan fingerprint density at radius 2 is 2.06 bits per heavy atom. The molecule has 0 aromatic heterocycles. The lowest BCUT2D eigenvalue weighted by atomic mass is 10.0. The molecule has 0 aliphatic heterocycles. The van der Waals surface area contributed by atoms with Crippen molar-refractivity contribution in [3.05, 3.63) is 28.8 Å². The first kappa shape index (κ1) is 13.4. The fourth-order valence-corrected chi connectivity index (χ4v) is 1.58. The maximum Gasteiger partial charge on any atom is 0.417 e. The predicted octanol–water partition coefficient (Wildman–Crippen LogP) is 2.65. The summed E-state index contributed by atoms with van der Waals surface area (Å²) < 4.78 is 41.9. The van der Waals surface area contributed by atoms with E-state index >= 15 is 0 Å². The highest BCUT2D eigenvalue weighted by Gasteiger charge is 2.34. The van der Waals surface area contributed by atoms with Crippen molar-refractivity contribution >= 4 is 18.6 Å². The number of methoxy groups -OCH3 is 1. The molecule has 3 nitrogen and oxygen atoms in total. The van der Waals surface area contributed by atoms with E-state index in [1.165, 1.54) is 6.07 Å². The lowest BCUT2D eigenvalue weighted by Crippen LogP contribution is -2.11. The van der Waals surface area contributed by atoms with E-state index in [0.29, 0.717) is 6.07 Å². The summed E-state index contributed by atoms with van der Waals surface area (Å²) in [6.45, 7) is 0. The molecule has 17 heavy (non-hydrogen) atoms. The molecule has 1 aromatic rings. The molecule has 0 bridgehead atoms. The minimum atomic E-state index is -4.63. The number of rotatable bonds is 1. The number of thiol groups is 1. The van der Waals surface area contributed by atoms with Gasteiger partial charge in [0.2, 0.25) is 0 Å². The van der Waals surface area contributed by atoms with Crippen LogP contribution >= 0.6 is 12.6 Å². The van der Waals surface area contributed by atoms with E-state index in [0.717, 1.165) is 13.2 Å². The number of hydrogen-bond donors (Lipinski definition) is 1. The highest BCUT2D eigenvalue weighted by molar-refractivity contribution is 7.80. The van der Waals surface area contributed by atoms with Gasteiger partial charge in [-0.3, -0.25) is 0 Å². The summed E-state index contributed by atoms with van der Waals surface area (Å²) in [5.41, 5.74) is -1.76. The van der Waals surface area contributed by atoms with E-state index in [1.54, 1.807) is 0 Å². The maximum absolute atomic E-state index is 12.5. The molecule has 7 heteroatoms. The Balaban J connectivity index is 3.50. The van der Waals surface area contributed by atoms with Crippen LogP contribution in [0.2, 0.25) is 0 Å². The van der Waals surface area contributed by atoms with Crippen LogP contribution in [-0.4, -0.2) is 13.1 Å². The molecule has 0 saturated carbocycles. The third kappa shape index (κ3) is 2.53. The van der Waals surface area contributed by atoms with Gasteiger partial charge >= 0.3 is 12.1 Å². The predicted molar refractivity (Wildman–Crippen MR) is 54.8 cm³/mol. The largest absolute Gasteiger partial charge is 0.465 e.